The predicted molar refractivity (Wildman–Crippen MR) is 127 cm³/mol. The van der Waals surface area contributed by atoms with Gasteiger partial charge in [-0.05, 0) is 48.5 Å². The first-order chi connectivity index (χ1) is 15.5. The van der Waals surface area contributed by atoms with Gasteiger partial charge in [0.2, 0.25) is 5.91 Å². The van der Waals surface area contributed by atoms with Crippen LogP contribution in [-0.4, -0.2) is 58.5 Å². The number of carbonyl (C=O) groups excluding carboxylic acids is 1. The molecule has 0 aliphatic carbocycles. The molecule has 0 unspecified atom stereocenters. The van der Waals surface area contributed by atoms with Crippen LogP contribution < -0.4 is 10.3 Å². The quantitative estimate of drug-likeness (QED) is 0.582. The van der Waals surface area contributed by atoms with Crippen LogP contribution in [0.1, 0.15) is 18.4 Å². The monoisotopic (exact) mass is 452 g/mol. The summed E-state index contributed by atoms with van der Waals surface area (Å²) in [6.07, 6.45) is 1.19. The Balaban J connectivity index is 1.35. The zero-order valence-electron chi connectivity index (χ0n) is 18.3. The summed E-state index contributed by atoms with van der Waals surface area (Å²) in [7, 11) is 1.67. The first-order valence-electron chi connectivity index (χ1n) is 10.9. The van der Waals surface area contributed by atoms with Crippen molar-refractivity contribution >= 4 is 29.0 Å². The van der Waals surface area contributed by atoms with Gasteiger partial charge in [0, 0.05) is 45.7 Å². The van der Waals surface area contributed by atoms with Gasteiger partial charge in [0.1, 0.15) is 5.75 Å². The topological polar surface area (TPSA) is 70.6 Å². The third kappa shape index (κ3) is 5.08. The molecule has 0 bridgehead atoms. The standard InChI is InChI=1S/C24H28N4O3S/c1-31-19-9-7-18(8-10-19)17-26-12-4-13-27(16-15-26)22(29)11-14-28-23(30)20-5-2-3-6-21(20)25-24(28)32/h2-3,5-10H,4,11-17H2,1H3,(H,25,32). The van der Waals surface area contributed by atoms with E-state index in [-0.39, 0.29) is 24.4 Å². The zero-order chi connectivity index (χ0) is 22.5. The molecule has 32 heavy (non-hydrogen) atoms. The summed E-state index contributed by atoms with van der Waals surface area (Å²) in [5, 5.41) is 0.581. The third-order valence-corrected chi connectivity index (χ3v) is 6.27. The van der Waals surface area contributed by atoms with Crippen molar-refractivity contribution in [3.63, 3.8) is 0 Å². The molecule has 0 atom stereocenters. The van der Waals surface area contributed by atoms with Gasteiger partial charge >= 0.3 is 0 Å². The highest BCUT2D eigenvalue weighted by Gasteiger charge is 2.19. The number of methoxy groups -OCH3 is 1. The molecule has 2 heterocycles. The normalized spacial score (nSPS) is 15.0. The van der Waals surface area contributed by atoms with Crippen molar-refractivity contribution in [3.05, 3.63) is 69.2 Å². The Morgan fingerprint density at radius 2 is 1.84 bits per heavy atom. The maximum absolute atomic E-state index is 12.9. The maximum Gasteiger partial charge on any atom is 0.262 e. The van der Waals surface area contributed by atoms with Crippen LogP contribution in [0.25, 0.3) is 10.9 Å². The summed E-state index contributed by atoms with van der Waals surface area (Å²) in [5.41, 5.74) is 1.80. The van der Waals surface area contributed by atoms with Crippen LogP contribution in [0.3, 0.4) is 0 Å². The minimum absolute atomic E-state index is 0.0609. The maximum atomic E-state index is 12.9. The number of amides is 1. The van der Waals surface area contributed by atoms with Gasteiger partial charge in [-0.1, -0.05) is 24.3 Å². The molecule has 0 radical (unpaired) electrons. The second-order valence-electron chi connectivity index (χ2n) is 8.04. The first-order valence-corrected chi connectivity index (χ1v) is 11.3. The zero-order valence-corrected chi connectivity index (χ0v) is 19.1. The number of hydrogen-bond donors (Lipinski definition) is 1. The van der Waals surface area contributed by atoms with Crippen molar-refractivity contribution in [1.29, 1.82) is 0 Å². The van der Waals surface area contributed by atoms with E-state index >= 15 is 0 Å². The van der Waals surface area contributed by atoms with Crippen LogP contribution in [0.4, 0.5) is 0 Å². The number of fused-ring (bicyclic) bond motifs is 1. The van der Waals surface area contributed by atoms with Gasteiger partial charge in [0.25, 0.3) is 5.56 Å². The highest BCUT2D eigenvalue weighted by Crippen LogP contribution is 2.15. The van der Waals surface area contributed by atoms with Crippen molar-refractivity contribution < 1.29 is 9.53 Å². The van der Waals surface area contributed by atoms with E-state index in [0.29, 0.717) is 16.7 Å². The number of nitrogens with one attached hydrogen (secondary N) is 1. The average molecular weight is 453 g/mol. The summed E-state index contributed by atoms with van der Waals surface area (Å²) in [5.74, 6) is 0.914. The Morgan fingerprint density at radius 3 is 2.62 bits per heavy atom. The van der Waals surface area contributed by atoms with Crippen LogP contribution in [-0.2, 0) is 17.9 Å². The molecular weight excluding hydrogens is 424 g/mol. The number of rotatable bonds is 6. The van der Waals surface area contributed by atoms with Crippen molar-refractivity contribution in [3.8, 4) is 5.75 Å². The summed E-state index contributed by atoms with van der Waals surface area (Å²) in [6, 6.07) is 15.4. The molecule has 3 aromatic rings. The summed E-state index contributed by atoms with van der Waals surface area (Å²) in [6.45, 7) is 4.34. The molecule has 1 saturated heterocycles. The fourth-order valence-corrected chi connectivity index (χ4v) is 4.42. The number of aromatic amines is 1. The molecule has 1 aliphatic heterocycles. The summed E-state index contributed by atoms with van der Waals surface area (Å²) >= 11 is 5.36. The molecule has 8 heteroatoms. The Kier molecular flexibility index (Phi) is 7.02. The molecule has 0 saturated carbocycles. The number of para-hydroxylation sites is 1. The van der Waals surface area contributed by atoms with Crippen molar-refractivity contribution in [1.82, 2.24) is 19.4 Å². The van der Waals surface area contributed by atoms with Crippen molar-refractivity contribution in [2.24, 2.45) is 0 Å². The second-order valence-corrected chi connectivity index (χ2v) is 8.43. The van der Waals surface area contributed by atoms with Crippen LogP contribution in [0.2, 0.25) is 0 Å². The van der Waals surface area contributed by atoms with Crippen molar-refractivity contribution in [2.45, 2.75) is 25.9 Å². The van der Waals surface area contributed by atoms with E-state index in [1.807, 2.05) is 35.2 Å². The van der Waals surface area contributed by atoms with Gasteiger partial charge in [0.15, 0.2) is 4.77 Å². The highest BCUT2D eigenvalue weighted by atomic mass is 32.1. The lowest BCUT2D eigenvalue weighted by Gasteiger charge is -2.22. The van der Waals surface area contributed by atoms with Gasteiger partial charge in [0.05, 0.1) is 18.0 Å². The molecule has 4 rings (SSSR count). The Labute approximate surface area is 192 Å². The molecule has 168 valence electrons. The van der Waals surface area contributed by atoms with Crippen LogP contribution in [0.15, 0.2) is 53.3 Å². The smallest absolute Gasteiger partial charge is 0.262 e. The highest BCUT2D eigenvalue weighted by molar-refractivity contribution is 7.71. The molecule has 1 aromatic heterocycles. The molecule has 1 fully saturated rings. The molecule has 0 spiro atoms. The molecule has 1 amide bonds. The number of ether oxygens (including phenoxy) is 1. The Bertz CT molecular complexity index is 1200. The van der Waals surface area contributed by atoms with Crippen LogP contribution in [0, 0.1) is 4.77 Å². The SMILES string of the molecule is COc1ccc(CN2CCCN(C(=O)CCn3c(=S)[nH]c4ccccc4c3=O)CC2)cc1. The lowest BCUT2D eigenvalue weighted by Crippen LogP contribution is -2.36. The molecule has 2 aromatic carbocycles. The fourth-order valence-electron chi connectivity index (χ4n) is 4.14. The number of carbonyl (C=O) groups is 1. The lowest BCUT2D eigenvalue weighted by atomic mass is 10.2. The van der Waals surface area contributed by atoms with Gasteiger partial charge in [-0.15, -0.1) is 0 Å². The third-order valence-electron chi connectivity index (χ3n) is 5.95. The number of aromatic nitrogens is 2. The van der Waals surface area contributed by atoms with E-state index in [4.69, 9.17) is 17.0 Å². The van der Waals surface area contributed by atoms with Crippen LogP contribution in [0.5, 0.6) is 5.75 Å². The molecule has 1 aliphatic rings. The minimum atomic E-state index is -0.154. The molecule has 1 N–H and O–H groups in total. The largest absolute Gasteiger partial charge is 0.497 e. The first kappa shape index (κ1) is 22.2. The van der Waals surface area contributed by atoms with Crippen molar-refractivity contribution in [2.75, 3.05) is 33.3 Å². The van der Waals surface area contributed by atoms with Gasteiger partial charge in [-0.3, -0.25) is 19.1 Å². The Hall–Kier alpha value is -2.97. The lowest BCUT2D eigenvalue weighted by molar-refractivity contribution is -0.131. The predicted octanol–water partition coefficient (Wildman–Crippen LogP) is 3.19. The summed E-state index contributed by atoms with van der Waals surface area (Å²) in [4.78, 5) is 33.0. The summed E-state index contributed by atoms with van der Waals surface area (Å²) < 4.78 is 7.06. The average Bonchev–Trinajstić information content (AvgIpc) is 3.05. The van der Waals surface area contributed by atoms with E-state index in [2.05, 4.69) is 22.0 Å². The van der Waals surface area contributed by atoms with E-state index in [0.717, 1.165) is 43.9 Å². The molecule has 7 nitrogen and oxygen atoms in total. The number of hydrogen-bond acceptors (Lipinski definition) is 5. The number of benzene rings is 2. The fraction of sp³-hybridized carbons (Fsp3) is 0.375. The van der Waals surface area contributed by atoms with Gasteiger partial charge < -0.3 is 14.6 Å². The van der Waals surface area contributed by atoms with E-state index in [1.165, 1.54) is 10.1 Å². The molecular formula is C24H28N4O3S. The number of nitrogens with zero attached hydrogens (tertiary/aromatic N) is 3. The van der Waals surface area contributed by atoms with Gasteiger partial charge in [-0.25, -0.2) is 0 Å². The number of H-pyrrole nitrogens is 1. The van der Waals surface area contributed by atoms with Crippen LogP contribution >= 0.6 is 12.2 Å². The van der Waals surface area contributed by atoms with E-state index in [9.17, 15) is 9.59 Å². The Morgan fingerprint density at radius 1 is 1.06 bits per heavy atom. The van der Waals surface area contributed by atoms with E-state index in [1.54, 1.807) is 13.2 Å². The minimum Gasteiger partial charge on any atom is -0.497 e. The van der Waals surface area contributed by atoms with E-state index < -0.39 is 0 Å². The van der Waals surface area contributed by atoms with Gasteiger partial charge in [-0.2, -0.15) is 0 Å². The second kappa shape index (κ2) is 10.1.